The fourth-order valence-electron chi connectivity index (χ4n) is 2.09. The normalized spacial score (nSPS) is 10.7. The van der Waals surface area contributed by atoms with Gasteiger partial charge in [-0.05, 0) is 37.7 Å². The van der Waals surface area contributed by atoms with Crippen molar-refractivity contribution < 1.29 is 4.79 Å². The number of hydrogen-bond donors (Lipinski definition) is 1. The summed E-state index contributed by atoms with van der Waals surface area (Å²) in [5.41, 5.74) is 7.50. The number of benzene rings is 1. The Balaban J connectivity index is 2.38. The zero-order valence-corrected chi connectivity index (χ0v) is 11.1. The molecule has 5 nitrogen and oxygen atoms in total. The number of hydrogen-bond acceptors (Lipinski definition) is 3. The van der Waals surface area contributed by atoms with E-state index in [1.54, 1.807) is 42.1 Å². The summed E-state index contributed by atoms with van der Waals surface area (Å²) in [5.74, 6) is 0.0196. The molecular formula is C14H17N3O2. The highest BCUT2D eigenvalue weighted by Crippen LogP contribution is 2.11. The number of carbonyl (C=O) groups excluding carboxylic acids is 1. The molecule has 0 aliphatic heterocycles. The number of aromatic nitrogens is 2. The lowest BCUT2D eigenvalue weighted by Gasteiger charge is -2.05. The van der Waals surface area contributed by atoms with Crippen molar-refractivity contribution in [2.75, 3.05) is 6.54 Å². The van der Waals surface area contributed by atoms with Gasteiger partial charge in [0.1, 0.15) is 0 Å². The molecule has 19 heavy (non-hydrogen) atoms. The quantitative estimate of drug-likeness (QED) is 0.833. The Morgan fingerprint density at radius 1 is 1.26 bits per heavy atom. The average Bonchev–Trinajstić information content (AvgIpc) is 2.64. The zero-order chi connectivity index (χ0) is 14.0. The molecule has 2 N–H and O–H groups in total. The minimum Gasteiger partial charge on any atom is -0.330 e. The van der Waals surface area contributed by atoms with Gasteiger partial charge in [-0.25, -0.2) is 4.79 Å². The molecule has 0 fully saturated rings. The molecule has 2 aromatic rings. The lowest BCUT2D eigenvalue weighted by molar-refractivity contribution is 0.0985. The highest BCUT2D eigenvalue weighted by molar-refractivity contribution is 5.96. The fraction of sp³-hybridized carbons (Fsp3) is 0.286. The molecule has 0 radical (unpaired) electrons. The molecule has 1 aromatic heterocycles. The first kappa shape index (κ1) is 13.3. The molecule has 0 saturated heterocycles. The first-order valence-electron chi connectivity index (χ1n) is 6.13. The predicted molar refractivity (Wildman–Crippen MR) is 73.7 cm³/mol. The minimum atomic E-state index is -0.0986. The molecule has 1 aromatic carbocycles. The van der Waals surface area contributed by atoms with E-state index in [2.05, 4.69) is 0 Å². The third kappa shape index (κ3) is 2.51. The first-order valence-corrected chi connectivity index (χ1v) is 6.13. The van der Waals surface area contributed by atoms with Gasteiger partial charge in [-0.3, -0.25) is 9.36 Å². The number of Topliss-reactive ketones (excluding diaryl/α,β-unsaturated/α-hetero) is 1. The minimum absolute atomic E-state index is 0.0196. The van der Waals surface area contributed by atoms with E-state index in [-0.39, 0.29) is 11.5 Å². The number of nitrogens with zero attached hydrogens (tertiary/aromatic N) is 2. The average molecular weight is 259 g/mol. The van der Waals surface area contributed by atoms with E-state index in [1.807, 2.05) is 6.92 Å². The van der Waals surface area contributed by atoms with Crippen LogP contribution in [0.4, 0.5) is 0 Å². The van der Waals surface area contributed by atoms with Gasteiger partial charge in [-0.1, -0.05) is 0 Å². The second-order valence-corrected chi connectivity index (χ2v) is 4.51. The number of rotatable bonds is 4. The van der Waals surface area contributed by atoms with Crippen molar-refractivity contribution >= 4 is 5.78 Å². The van der Waals surface area contributed by atoms with E-state index in [4.69, 9.17) is 5.73 Å². The number of imidazole rings is 1. The Morgan fingerprint density at radius 3 is 2.37 bits per heavy atom. The van der Waals surface area contributed by atoms with Crippen LogP contribution in [0, 0.1) is 6.92 Å². The van der Waals surface area contributed by atoms with Crippen molar-refractivity contribution in [2.24, 2.45) is 12.8 Å². The van der Waals surface area contributed by atoms with Crippen LogP contribution < -0.4 is 11.4 Å². The van der Waals surface area contributed by atoms with Crippen LogP contribution in [0.3, 0.4) is 0 Å². The maximum absolute atomic E-state index is 12.0. The van der Waals surface area contributed by atoms with Crippen LogP contribution in [0.5, 0.6) is 0 Å². The van der Waals surface area contributed by atoms with Crippen LogP contribution in [0.1, 0.15) is 22.5 Å². The van der Waals surface area contributed by atoms with Crippen molar-refractivity contribution in [3.05, 3.63) is 52.2 Å². The summed E-state index contributed by atoms with van der Waals surface area (Å²) in [6, 6.07) is 7.01. The molecule has 0 saturated carbocycles. The van der Waals surface area contributed by atoms with Crippen LogP contribution >= 0.6 is 0 Å². The summed E-state index contributed by atoms with van der Waals surface area (Å²) >= 11 is 0. The molecule has 2 rings (SSSR count). The van der Waals surface area contributed by atoms with Gasteiger partial charge in [-0.2, -0.15) is 0 Å². The highest BCUT2D eigenvalue weighted by atomic mass is 16.1. The Hall–Kier alpha value is -2.14. The van der Waals surface area contributed by atoms with Crippen LogP contribution in [0.15, 0.2) is 35.3 Å². The van der Waals surface area contributed by atoms with E-state index >= 15 is 0 Å². The summed E-state index contributed by atoms with van der Waals surface area (Å²) in [7, 11) is 1.71. The number of nitrogens with two attached hydrogens (primary N) is 1. The first-order chi connectivity index (χ1) is 9.04. The smallest absolute Gasteiger partial charge is 0.330 e. The standard InChI is InChI=1S/C14H17N3O2/c1-10-9-16(2)14(19)17(10)12-5-3-11(4-6-12)13(18)7-8-15/h3-6,9H,7-8,15H2,1-2H3. The topological polar surface area (TPSA) is 70.0 Å². The highest BCUT2D eigenvalue weighted by Gasteiger charge is 2.09. The second kappa shape index (κ2) is 5.24. The monoisotopic (exact) mass is 259 g/mol. The van der Waals surface area contributed by atoms with Gasteiger partial charge < -0.3 is 10.3 Å². The molecule has 0 amide bonds. The Morgan fingerprint density at radius 2 is 1.89 bits per heavy atom. The molecule has 5 heteroatoms. The maximum atomic E-state index is 12.0. The Kier molecular flexibility index (Phi) is 3.66. The molecule has 0 unspecified atom stereocenters. The zero-order valence-electron chi connectivity index (χ0n) is 11.1. The summed E-state index contributed by atoms with van der Waals surface area (Å²) < 4.78 is 3.14. The van der Waals surface area contributed by atoms with Gasteiger partial charge in [0.15, 0.2) is 5.78 Å². The summed E-state index contributed by atoms with van der Waals surface area (Å²) in [5, 5.41) is 0. The molecule has 0 spiro atoms. The van der Waals surface area contributed by atoms with E-state index in [9.17, 15) is 9.59 Å². The van der Waals surface area contributed by atoms with Crippen LogP contribution in [0.25, 0.3) is 5.69 Å². The van der Waals surface area contributed by atoms with Crippen molar-refractivity contribution in [1.82, 2.24) is 9.13 Å². The van der Waals surface area contributed by atoms with E-state index < -0.39 is 0 Å². The van der Waals surface area contributed by atoms with Gasteiger partial charge in [0, 0.05) is 30.9 Å². The predicted octanol–water partition coefficient (Wildman–Crippen LogP) is 1.02. The molecule has 1 heterocycles. The summed E-state index contributed by atoms with van der Waals surface area (Å²) in [6.45, 7) is 2.22. The number of aryl methyl sites for hydroxylation is 2. The Labute approximate surface area is 111 Å². The van der Waals surface area contributed by atoms with Crippen molar-refractivity contribution in [3.63, 3.8) is 0 Å². The molecular weight excluding hydrogens is 242 g/mol. The van der Waals surface area contributed by atoms with Gasteiger partial charge in [0.25, 0.3) is 0 Å². The SMILES string of the molecule is Cc1cn(C)c(=O)n1-c1ccc(C(=O)CCN)cc1. The van der Waals surface area contributed by atoms with Gasteiger partial charge in [0.05, 0.1) is 5.69 Å². The van der Waals surface area contributed by atoms with E-state index in [0.717, 1.165) is 11.4 Å². The van der Waals surface area contributed by atoms with Crippen molar-refractivity contribution in [2.45, 2.75) is 13.3 Å². The van der Waals surface area contributed by atoms with Gasteiger partial charge in [0.2, 0.25) is 0 Å². The molecule has 100 valence electrons. The van der Waals surface area contributed by atoms with Crippen LogP contribution in [0.2, 0.25) is 0 Å². The molecule has 0 atom stereocenters. The summed E-state index contributed by atoms with van der Waals surface area (Å²) in [6.07, 6.45) is 2.11. The summed E-state index contributed by atoms with van der Waals surface area (Å²) in [4.78, 5) is 23.6. The van der Waals surface area contributed by atoms with E-state index in [0.29, 0.717) is 18.5 Å². The van der Waals surface area contributed by atoms with Gasteiger partial charge in [-0.15, -0.1) is 0 Å². The Bertz CT molecular complexity index is 650. The van der Waals surface area contributed by atoms with Gasteiger partial charge >= 0.3 is 5.69 Å². The van der Waals surface area contributed by atoms with Crippen molar-refractivity contribution in [1.29, 1.82) is 0 Å². The molecule has 0 bridgehead atoms. The largest absolute Gasteiger partial charge is 0.332 e. The lowest BCUT2D eigenvalue weighted by atomic mass is 10.1. The lowest BCUT2D eigenvalue weighted by Crippen LogP contribution is -2.21. The van der Waals surface area contributed by atoms with Crippen LogP contribution in [-0.4, -0.2) is 21.5 Å². The van der Waals surface area contributed by atoms with E-state index in [1.165, 1.54) is 4.57 Å². The third-order valence-corrected chi connectivity index (χ3v) is 3.05. The number of carbonyl (C=O) groups is 1. The molecule has 0 aliphatic carbocycles. The number of ketones is 1. The third-order valence-electron chi connectivity index (χ3n) is 3.05. The second-order valence-electron chi connectivity index (χ2n) is 4.51. The van der Waals surface area contributed by atoms with Crippen LogP contribution in [-0.2, 0) is 7.05 Å². The maximum Gasteiger partial charge on any atom is 0.332 e. The molecule has 0 aliphatic rings. The van der Waals surface area contributed by atoms with Crippen molar-refractivity contribution in [3.8, 4) is 5.69 Å². The fourth-order valence-corrected chi connectivity index (χ4v) is 2.09.